The third-order valence-corrected chi connectivity index (χ3v) is 3.94. The van der Waals surface area contributed by atoms with Gasteiger partial charge in [-0.05, 0) is 5.56 Å². The van der Waals surface area contributed by atoms with Gasteiger partial charge in [0, 0.05) is 19.4 Å². The normalized spacial score (nSPS) is 20.2. The fourth-order valence-electron chi connectivity index (χ4n) is 2.54. The molecule has 1 unspecified atom stereocenters. The molecule has 2 rings (SSSR count). The summed E-state index contributed by atoms with van der Waals surface area (Å²) in [4.78, 5) is 25.3. The fraction of sp³-hybridized carbons (Fsp3) is 0.438. The average molecular weight is 285 g/mol. The Morgan fingerprint density at radius 3 is 2.43 bits per heavy atom. The molecule has 1 atom stereocenters. The van der Waals surface area contributed by atoms with Crippen LogP contribution in [0.3, 0.4) is 0 Å². The van der Waals surface area contributed by atoms with Crippen molar-refractivity contribution in [1.29, 1.82) is 5.26 Å². The standard InChI is InChI=1S/C16H19N3O2/c1-15(2)10-13(20)19(14(15)21)9-8-16(18,11-17)12-6-4-3-5-7-12/h3-7H,8-10,18H2,1-2H3. The Labute approximate surface area is 124 Å². The summed E-state index contributed by atoms with van der Waals surface area (Å²) in [5.41, 5.74) is 4.97. The van der Waals surface area contributed by atoms with Gasteiger partial charge in [0.2, 0.25) is 11.8 Å². The predicted octanol–water partition coefficient (Wildman–Crippen LogP) is 1.54. The number of amides is 2. The molecule has 1 aliphatic heterocycles. The van der Waals surface area contributed by atoms with Gasteiger partial charge < -0.3 is 5.73 Å². The molecule has 21 heavy (non-hydrogen) atoms. The molecule has 0 aromatic heterocycles. The molecule has 1 fully saturated rings. The van der Waals surface area contributed by atoms with E-state index in [9.17, 15) is 14.9 Å². The van der Waals surface area contributed by atoms with Gasteiger partial charge in [0.15, 0.2) is 0 Å². The molecule has 110 valence electrons. The number of hydrogen-bond donors (Lipinski definition) is 1. The van der Waals surface area contributed by atoms with E-state index in [4.69, 9.17) is 5.73 Å². The highest BCUT2D eigenvalue weighted by Crippen LogP contribution is 2.32. The van der Waals surface area contributed by atoms with Gasteiger partial charge in [-0.15, -0.1) is 0 Å². The highest BCUT2D eigenvalue weighted by Gasteiger charge is 2.45. The molecule has 0 radical (unpaired) electrons. The largest absolute Gasteiger partial charge is 0.310 e. The van der Waals surface area contributed by atoms with Crippen molar-refractivity contribution in [3.63, 3.8) is 0 Å². The lowest BCUT2D eigenvalue weighted by Gasteiger charge is -2.25. The first kappa shape index (κ1) is 15.2. The molecule has 0 bridgehead atoms. The van der Waals surface area contributed by atoms with Crippen LogP contribution in [-0.2, 0) is 15.1 Å². The van der Waals surface area contributed by atoms with Crippen molar-refractivity contribution in [1.82, 2.24) is 4.90 Å². The van der Waals surface area contributed by atoms with Crippen molar-refractivity contribution in [2.24, 2.45) is 11.1 Å². The Morgan fingerprint density at radius 2 is 1.95 bits per heavy atom. The Hall–Kier alpha value is -2.19. The van der Waals surface area contributed by atoms with Crippen LogP contribution in [0.2, 0.25) is 0 Å². The zero-order chi connectivity index (χ0) is 15.7. The highest BCUT2D eigenvalue weighted by atomic mass is 16.2. The number of nitrogens with zero attached hydrogens (tertiary/aromatic N) is 2. The van der Waals surface area contributed by atoms with Crippen molar-refractivity contribution < 1.29 is 9.59 Å². The first-order valence-corrected chi connectivity index (χ1v) is 6.91. The van der Waals surface area contributed by atoms with Crippen molar-refractivity contribution >= 4 is 11.8 Å². The number of benzene rings is 1. The Kier molecular flexibility index (Phi) is 3.84. The van der Waals surface area contributed by atoms with Gasteiger partial charge in [0.25, 0.3) is 0 Å². The molecule has 0 aliphatic carbocycles. The summed E-state index contributed by atoms with van der Waals surface area (Å²) in [6, 6.07) is 11.1. The molecule has 1 saturated heterocycles. The molecular formula is C16H19N3O2. The van der Waals surface area contributed by atoms with E-state index in [-0.39, 0.29) is 31.2 Å². The van der Waals surface area contributed by atoms with Crippen LogP contribution in [0.4, 0.5) is 0 Å². The summed E-state index contributed by atoms with van der Waals surface area (Å²) < 4.78 is 0. The maximum atomic E-state index is 12.2. The van der Waals surface area contributed by atoms with E-state index in [1.807, 2.05) is 18.2 Å². The molecule has 2 amide bonds. The number of nitriles is 1. The quantitative estimate of drug-likeness (QED) is 0.850. The number of carbonyl (C=O) groups is 2. The van der Waals surface area contributed by atoms with Crippen LogP contribution < -0.4 is 5.73 Å². The number of rotatable bonds is 4. The van der Waals surface area contributed by atoms with E-state index in [1.54, 1.807) is 26.0 Å². The summed E-state index contributed by atoms with van der Waals surface area (Å²) in [5, 5.41) is 9.38. The van der Waals surface area contributed by atoms with E-state index >= 15 is 0 Å². The van der Waals surface area contributed by atoms with Crippen LogP contribution in [0, 0.1) is 16.7 Å². The fourth-order valence-corrected chi connectivity index (χ4v) is 2.54. The summed E-state index contributed by atoms with van der Waals surface area (Å²) in [6.45, 7) is 3.68. The molecule has 1 aliphatic rings. The molecule has 1 aromatic carbocycles. The van der Waals surface area contributed by atoms with Crippen LogP contribution in [0.5, 0.6) is 0 Å². The third kappa shape index (κ3) is 2.81. The van der Waals surface area contributed by atoms with Gasteiger partial charge in [0.1, 0.15) is 5.54 Å². The zero-order valence-corrected chi connectivity index (χ0v) is 12.3. The first-order valence-electron chi connectivity index (χ1n) is 6.91. The summed E-state index contributed by atoms with van der Waals surface area (Å²) in [5.74, 6) is -0.390. The van der Waals surface area contributed by atoms with Crippen LogP contribution in [0.1, 0.15) is 32.3 Å². The topological polar surface area (TPSA) is 87.2 Å². The minimum absolute atomic E-state index is 0.167. The van der Waals surface area contributed by atoms with E-state index < -0.39 is 11.0 Å². The van der Waals surface area contributed by atoms with Gasteiger partial charge in [-0.3, -0.25) is 14.5 Å². The molecule has 1 heterocycles. The molecule has 5 heteroatoms. The van der Waals surface area contributed by atoms with Crippen molar-refractivity contribution in [3.8, 4) is 6.07 Å². The lowest BCUT2D eigenvalue weighted by Crippen LogP contribution is -2.41. The van der Waals surface area contributed by atoms with Crippen LogP contribution in [-0.4, -0.2) is 23.3 Å². The smallest absolute Gasteiger partial charge is 0.235 e. The second kappa shape index (κ2) is 5.30. The number of hydrogen-bond acceptors (Lipinski definition) is 4. The SMILES string of the molecule is CC1(C)CC(=O)N(CCC(N)(C#N)c2ccccc2)C1=O. The maximum absolute atomic E-state index is 12.2. The van der Waals surface area contributed by atoms with Crippen LogP contribution >= 0.6 is 0 Å². The number of nitrogens with two attached hydrogens (primary N) is 1. The molecule has 2 N–H and O–H groups in total. The van der Waals surface area contributed by atoms with Crippen molar-refractivity contribution in [2.75, 3.05) is 6.54 Å². The summed E-state index contributed by atoms with van der Waals surface area (Å²) in [6.07, 6.45) is 0.433. The second-order valence-electron chi connectivity index (χ2n) is 6.11. The monoisotopic (exact) mass is 285 g/mol. The Morgan fingerprint density at radius 1 is 1.33 bits per heavy atom. The van der Waals surface area contributed by atoms with Gasteiger partial charge in [-0.2, -0.15) is 5.26 Å². The first-order chi connectivity index (χ1) is 9.80. The Bertz CT molecular complexity index is 604. The molecular weight excluding hydrogens is 266 g/mol. The Balaban J connectivity index is 2.14. The summed E-state index contributed by atoms with van der Waals surface area (Å²) in [7, 11) is 0. The van der Waals surface area contributed by atoms with E-state index in [0.717, 1.165) is 0 Å². The van der Waals surface area contributed by atoms with E-state index in [1.165, 1.54) is 4.90 Å². The zero-order valence-electron chi connectivity index (χ0n) is 12.3. The lowest BCUT2D eigenvalue weighted by molar-refractivity contribution is -0.140. The minimum atomic E-state index is -1.20. The minimum Gasteiger partial charge on any atom is -0.310 e. The number of carbonyl (C=O) groups excluding carboxylic acids is 2. The van der Waals surface area contributed by atoms with Crippen molar-refractivity contribution in [3.05, 3.63) is 35.9 Å². The molecule has 0 saturated carbocycles. The maximum Gasteiger partial charge on any atom is 0.235 e. The van der Waals surface area contributed by atoms with Crippen LogP contribution in [0.25, 0.3) is 0 Å². The van der Waals surface area contributed by atoms with Crippen LogP contribution in [0.15, 0.2) is 30.3 Å². The molecule has 1 aromatic rings. The van der Waals surface area contributed by atoms with Gasteiger partial charge in [-0.25, -0.2) is 0 Å². The van der Waals surface area contributed by atoms with Crippen molar-refractivity contribution in [2.45, 2.75) is 32.2 Å². The lowest BCUT2D eigenvalue weighted by atomic mass is 9.89. The van der Waals surface area contributed by atoms with Gasteiger partial charge in [-0.1, -0.05) is 44.2 Å². The third-order valence-electron chi connectivity index (χ3n) is 3.94. The van der Waals surface area contributed by atoms with E-state index in [2.05, 4.69) is 6.07 Å². The highest BCUT2D eigenvalue weighted by molar-refractivity contribution is 6.05. The molecule has 0 spiro atoms. The molecule has 5 nitrogen and oxygen atoms in total. The second-order valence-corrected chi connectivity index (χ2v) is 6.11. The predicted molar refractivity (Wildman–Crippen MR) is 77.7 cm³/mol. The number of likely N-dealkylation sites (tertiary alicyclic amines) is 1. The average Bonchev–Trinajstić information content (AvgIpc) is 2.66. The van der Waals surface area contributed by atoms with Gasteiger partial charge in [0.05, 0.1) is 11.5 Å². The summed E-state index contributed by atoms with van der Waals surface area (Å²) >= 11 is 0. The number of imide groups is 1. The van der Waals surface area contributed by atoms with E-state index in [0.29, 0.717) is 5.56 Å². The van der Waals surface area contributed by atoms with Gasteiger partial charge >= 0.3 is 0 Å².